The molecule has 70 heavy (non-hydrogen) atoms. The number of fused-ring (bicyclic) bond motifs is 16. The van der Waals surface area contributed by atoms with E-state index in [4.69, 9.17) is 19.4 Å². The summed E-state index contributed by atoms with van der Waals surface area (Å²) < 4.78 is 6.51. The Morgan fingerprint density at radius 1 is 0.271 bits per heavy atom. The molecule has 2 aromatic heterocycles. The van der Waals surface area contributed by atoms with E-state index in [1.165, 1.54) is 77.2 Å². The molecule has 0 bridgehead atoms. The van der Waals surface area contributed by atoms with E-state index in [0.29, 0.717) is 17.5 Å². The summed E-state index contributed by atoms with van der Waals surface area (Å²) in [5, 5.41) is 6.87. The smallest absolute Gasteiger partial charge is 0.164 e. The minimum atomic E-state index is -0.370. The zero-order chi connectivity index (χ0) is 45.9. The van der Waals surface area contributed by atoms with E-state index in [1.807, 2.05) is 72.8 Å². The van der Waals surface area contributed by atoms with Crippen molar-refractivity contribution >= 4 is 43.5 Å². The lowest BCUT2D eigenvalue weighted by Crippen LogP contribution is -2.25. The predicted molar refractivity (Wildman–Crippen MR) is 286 cm³/mol. The van der Waals surface area contributed by atoms with Crippen LogP contribution in [-0.4, -0.2) is 15.0 Å². The summed E-state index contributed by atoms with van der Waals surface area (Å²) in [6.07, 6.45) is 0. The molecule has 0 amide bonds. The Morgan fingerprint density at radius 3 is 1.31 bits per heavy atom. The number of hydrogen-bond donors (Lipinski definition) is 0. The van der Waals surface area contributed by atoms with Crippen LogP contribution in [0, 0.1) is 0 Å². The van der Waals surface area contributed by atoms with Crippen LogP contribution in [0.25, 0.3) is 122 Å². The maximum absolute atomic E-state index is 6.51. The lowest BCUT2D eigenvalue weighted by Gasteiger charge is -2.30. The van der Waals surface area contributed by atoms with E-state index < -0.39 is 0 Å². The van der Waals surface area contributed by atoms with Gasteiger partial charge in [0, 0.05) is 27.5 Å². The van der Waals surface area contributed by atoms with Gasteiger partial charge < -0.3 is 4.42 Å². The van der Waals surface area contributed by atoms with E-state index in [1.54, 1.807) is 0 Å². The summed E-state index contributed by atoms with van der Waals surface area (Å²) in [5.74, 6) is 1.85. The largest absolute Gasteiger partial charge is 0.456 e. The van der Waals surface area contributed by atoms with E-state index >= 15 is 0 Å². The second-order valence-electron chi connectivity index (χ2n) is 18.6. The van der Waals surface area contributed by atoms with Crippen molar-refractivity contribution in [3.8, 4) is 78.7 Å². The fraction of sp³-hybridized carbons (Fsp3) is 0.0152. The SMILES string of the molecule is c1ccc(-c2nc(-c3ccccc3)nc(-c3cccc4oc5ccc(-c6ccc7c(ccc8cc(-c9ccc%10c(c9)C9(c%11ccccc%11-c%11ccccc%119)c9ccccc9-%10)ccc87)c6)cc5c34)n2)cc1. The van der Waals surface area contributed by atoms with Crippen LogP contribution in [0.4, 0.5) is 0 Å². The zero-order valence-electron chi connectivity index (χ0n) is 37.8. The van der Waals surface area contributed by atoms with Crippen molar-refractivity contribution in [2.75, 3.05) is 0 Å². The number of nitrogens with zero attached hydrogens (tertiary/aromatic N) is 3. The molecule has 13 aromatic rings. The highest BCUT2D eigenvalue weighted by Crippen LogP contribution is 2.63. The van der Waals surface area contributed by atoms with Crippen LogP contribution in [0.1, 0.15) is 22.3 Å². The van der Waals surface area contributed by atoms with Crippen LogP contribution in [0.3, 0.4) is 0 Å². The third-order valence-corrected chi connectivity index (χ3v) is 14.9. The van der Waals surface area contributed by atoms with Gasteiger partial charge in [-0.05, 0) is 125 Å². The van der Waals surface area contributed by atoms with E-state index in [2.05, 4.69) is 164 Å². The lowest BCUT2D eigenvalue weighted by atomic mass is 9.70. The van der Waals surface area contributed by atoms with Crippen molar-refractivity contribution in [3.05, 3.63) is 259 Å². The van der Waals surface area contributed by atoms with Gasteiger partial charge in [0.1, 0.15) is 11.2 Å². The molecule has 0 saturated carbocycles. The molecule has 11 aromatic carbocycles. The van der Waals surface area contributed by atoms with Crippen LogP contribution in [0.5, 0.6) is 0 Å². The van der Waals surface area contributed by atoms with Gasteiger partial charge in [0.15, 0.2) is 17.5 Å². The average molecular weight is 890 g/mol. The van der Waals surface area contributed by atoms with Crippen LogP contribution in [0.15, 0.2) is 241 Å². The summed E-state index contributed by atoms with van der Waals surface area (Å²) in [6.45, 7) is 0. The first kappa shape index (κ1) is 38.8. The molecule has 0 aliphatic heterocycles. The highest BCUT2D eigenvalue weighted by molar-refractivity contribution is 6.14. The van der Waals surface area contributed by atoms with Crippen LogP contribution < -0.4 is 0 Å². The van der Waals surface area contributed by atoms with Gasteiger partial charge in [-0.25, -0.2) is 15.0 Å². The Morgan fingerprint density at radius 2 is 0.729 bits per heavy atom. The highest BCUT2D eigenvalue weighted by Gasteiger charge is 2.51. The van der Waals surface area contributed by atoms with Gasteiger partial charge in [0.25, 0.3) is 0 Å². The second-order valence-corrected chi connectivity index (χ2v) is 18.6. The predicted octanol–water partition coefficient (Wildman–Crippen LogP) is 16.8. The van der Waals surface area contributed by atoms with Crippen molar-refractivity contribution in [2.24, 2.45) is 0 Å². The molecule has 0 fully saturated rings. The molecule has 1 spiro atoms. The summed E-state index contributed by atoms with van der Waals surface area (Å²) in [6, 6.07) is 85.4. The van der Waals surface area contributed by atoms with Gasteiger partial charge in [0.2, 0.25) is 0 Å². The Bertz CT molecular complexity index is 4180. The number of rotatable bonds is 5. The number of aromatic nitrogens is 3. The van der Waals surface area contributed by atoms with Gasteiger partial charge in [0.05, 0.1) is 5.41 Å². The number of hydrogen-bond acceptors (Lipinski definition) is 4. The summed E-state index contributed by atoms with van der Waals surface area (Å²) in [4.78, 5) is 15.1. The summed E-state index contributed by atoms with van der Waals surface area (Å²) in [5.41, 5.74) is 19.4. The molecule has 4 heteroatoms. The molecule has 15 rings (SSSR count). The first-order chi connectivity index (χ1) is 34.7. The molecule has 4 nitrogen and oxygen atoms in total. The summed E-state index contributed by atoms with van der Waals surface area (Å²) >= 11 is 0. The number of benzene rings is 11. The van der Waals surface area contributed by atoms with Crippen molar-refractivity contribution in [1.29, 1.82) is 0 Å². The maximum Gasteiger partial charge on any atom is 0.164 e. The molecular formula is C66H39N3O. The van der Waals surface area contributed by atoms with E-state index in [0.717, 1.165) is 49.8 Å². The topological polar surface area (TPSA) is 51.8 Å². The van der Waals surface area contributed by atoms with Crippen molar-refractivity contribution < 1.29 is 4.42 Å². The maximum atomic E-state index is 6.51. The molecule has 0 saturated heterocycles. The minimum Gasteiger partial charge on any atom is -0.456 e. The fourth-order valence-electron chi connectivity index (χ4n) is 11.8. The van der Waals surface area contributed by atoms with Crippen molar-refractivity contribution in [2.45, 2.75) is 5.41 Å². The zero-order valence-corrected chi connectivity index (χ0v) is 37.8. The second kappa shape index (κ2) is 14.9. The third kappa shape index (κ3) is 5.62. The Labute approximate surface area is 403 Å². The molecule has 324 valence electrons. The Balaban J connectivity index is 0.813. The van der Waals surface area contributed by atoms with Gasteiger partial charge >= 0.3 is 0 Å². The van der Waals surface area contributed by atoms with E-state index in [-0.39, 0.29) is 5.41 Å². The molecule has 0 radical (unpaired) electrons. The van der Waals surface area contributed by atoms with Gasteiger partial charge in [-0.15, -0.1) is 0 Å². The monoisotopic (exact) mass is 889 g/mol. The normalized spacial score (nSPS) is 13.0. The van der Waals surface area contributed by atoms with Crippen molar-refractivity contribution in [1.82, 2.24) is 15.0 Å². The van der Waals surface area contributed by atoms with E-state index in [9.17, 15) is 0 Å². The molecule has 0 atom stereocenters. The molecule has 0 N–H and O–H groups in total. The van der Waals surface area contributed by atoms with Crippen LogP contribution in [-0.2, 0) is 5.41 Å². The molecule has 2 aliphatic rings. The minimum absolute atomic E-state index is 0.370. The standard InChI is InChI=1S/C66H39N3O/c1-3-14-40(15-4-1)63-67-64(41-16-5-2-6-17-41)69-65(68-63)54-21-13-25-61-62(54)55-38-44(31-35-60(55)70-61)42-28-32-48-46(36-42)26-27-47-37-43(29-33-49(47)48)45-30-34-53-52-20-9-12-24-58(52)66(59(53)39-45)56-22-10-7-18-50(56)51-19-8-11-23-57(51)66/h1-39H. The first-order valence-electron chi connectivity index (χ1n) is 23.9. The van der Waals surface area contributed by atoms with Gasteiger partial charge in [-0.2, -0.15) is 0 Å². The van der Waals surface area contributed by atoms with Crippen LogP contribution in [0.2, 0.25) is 0 Å². The Kier molecular flexibility index (Phi) is 8.25. The molecule has 2 heterocycles. The lowest BCUT2D eigenvalue weighted by molar-refractivity contribution is 0.669. The van der Waals surface area contributed by atoms with Gasteiger partial charge in [-0.3, -0.25) is 0 Å². The third-order valence-electron chi connectivity index (χ3n) is 14.9. The Hall–Kier alpha value is -9.25. The fourth-order valence-corrected chi connectivity index (χ4v) is 11.8. The highest BCUT2D eigenvalue weighted by atomic mass is 16.3. The quantitative estimate of drug-likeness (QED) is 0.162. The molecule has 0 unspecified atom stereocenters. The average Bonchev–Trinajstić information content (AvgIpc) is 4.07. The number of furan rings is 1. The van der Waals surface area contributed by atoms with Crippen LogP contribution >= 0.6 is 0 Å². The summed E-state index contributed by atoms with van der Waals surface area (Å²) in [7, 11) is 0. The molecular weight excluding hydrogens is 851 g/mol. The first-order valence-corrected chi connectivity index (χ1v) is 23.9. The van der Waals surface area contributed by atoms with Crippen molar-refractivity contribution in [3.63, 3.8) is 0 Å². The molecule has 2 aliphatic carbocycles. The van der Waals surface area contributed by atoms with Gasteiger partial charge in [-0.1, -0.05) is 200 Å².